The normalized spacial score (nSPS) is 11.8. The van der Waals surface area contributed by atoms with Crippen LogP contribution in [0.25, 0.3) is 10.9 Å². The average molecular weight is 424 g/mol. The molecule has 0 saturated heterocycles. The molecule has 0 fully saturated rings. The van der Waals surface area contributed by atoms with Gasteiger partial charge in [0.2, 0.25) is 0 Å². The molecule has 8 nitrogen and oxygen atoms in total. The molecular formula is C23H24N2O6. The molecule has 3 rings (SSSR count). The predicted molar refractivity (Wildman–Crippen MR) is 116 cm³/mol. The van der Waals surface area contributed by atoms with Crippen LogP contribution in [0.5, 0.6) is 11.5 Å². The number of para-hydroxylation sites is 1. The van der Waals surface area contributed by atoms with Crippen LogP contribution >= 0.6 is 0 Å². The van der Waals surface area contributed by atoms with Crippen LogP contribution in [0.1, 0.15) is 32.6 Å². The Morgan fingerprint density at radius 1 is 1.03 bits per heavy atom. The summed E-state index contributed by atoms with van der Waals surface area (Å²) in [5.74, 6) is -1.27. The summed E-state index contributed by atoms with van der Waals surface area (Å²) in [5, 5.41) is 11.5. The number of hydrogen-bond donors (Lipinski definition) is 1. The number of aromatic nitrogens is 1. The Bertz CT molecular complexity index is 1190. The van der Waals surface area contributed by atoms with E-state index < -0.39 is 23.7 Å². The number of anilines is 1. The van der Waals surface area contributed by atoms with Crippen LogP contribution in [0.2, 0.25) is 0 Å². The molecule has 1 atom stereocenters. The SMILES string of the molecule is CCN(c1ccccc1)C(O)c1c(OC(C)=O)c2c(OC(C)=O)cccc2n(C)c1=O. The summed E-state index contributed by atoms with van der Waals surface area (Å²) in [6.45, 7) is 4.65. The number of carbonyl (C=O) groups is 2. The first-order valence-electron chi connectivity index (χ1n) is 9.78. The number of benzene rings is 2. The van der Waals surface area contributed by atoms with Gasteiger partial charge in [-0.05, 0) is 31.2 Å². The summed E-state index contributed by atoms with van der Waals surface area (Å²) >= 11 is 0. The van der Waals surface area contributed by atoms with Crippen LogP contribution in [-0.2, 0) is 16.6 Å². The zero-order valence-corrected chi connectivity index (χ0v) is 17.8. The molecular weight excluding hydrogens is 400 g/mol. The van der Waals surface area contributed by atoms with Crippen LogP contribution in [-0.4, -0.2) is 28.2 Å². The van der Waals surface area contributed by atoms with E-state index in [1.165, 1.54) is 31.5 Å². The van der Waals surface area contributed by atoms with Crippen molar-refractivity contribution in [3.8, 4) is 11.5 Å². The minimum Gasteiger partial charge on any atom is -0.426 e. The van der Waals surface area contributed by atoms with Crippen LogP contribution < -0.4 is 19.9 Å². The number of rotatable bonds is 6. The standard InChI is InChI=1S/C23H24N2O6/c1-5-25(16-10-7-6-8-11-16)23(29)20-21(31-15(3)27)19-17(24(4)22(20)28)12-9-13-18(19)30-14(2)26/h6-13,23,29H,5H2,1-4H3. The van der Waals surface area contributed by atoms with Gasteiger partial charge in [-0.25, -0.2) is 0 Å². The first-order valence-corrected chi connectivity index (χ1v) is 9.78. The molecule has 162 valence electrons. The van der Waals surface area contributed by atoms with Gasteiger partial charge in [-0.2, -0.15) is 0 Å². The number of hydrogen-bond acceptors (Lipinski definition) is 7. The lowest BCUT2D eigenvalue weighted by Crippen LogP contribution is -2.35. The molecule has 1 N–H and O–H groups in total. The molecule has 0 radical (unpaired) electrons. The number of carbonyl (C=O) groups excluding carboxylic acids is 2. The Kier molecular flexibility index (Phi) is 6.41. The first kappa shape index (κ1) is 22.0. The van der Waals surface area contributed by atoms with E-state index in [1.807, 2.05) is 25.1 Å². The van der Waals surface area contributed by atoms with Crippen molar-refractivity contribution >= 4 is 28.5 Å². The van der Waals surface area contributed by atoms with Crippen molar-refractivity contribution in [3.05, 3.63) is 64.4 Å². The highest BCUT2D eigenvalue weighted by Crippen LogP contribution is 2.39. The van der Waals surface area contributed by atoms with Crippen molar-refractivity contribution in [1.29, 1.82) is 0 Å². The summed E-state index contributed by atoms with van der Waals surface area (Å²) in [6, 6.07) is 13.9. The Hall–Kier alpha value is -3.65. The average Bonchev–Trinajstić information content (AvgIpc) is 2.72. The highest BCUT2D eigenvalue weighted by Gasteiger charge is 2.29. The second kappa shape index (κ2) is 9.01. The topological polar surface area (TPSA) is 98.1 Å². The van der Waals surface area contributed by atoms with E-state index >= 15 is 0 Å². The minimum atomic E-state index is -1.42. The first-order chi connectivity index (χ1) is 14.8. The summed E-state index contributed by atoms with van der Waals surface area (Å²) in [4.78, 5) is 38.5. The van der Waals surface area contributed by atoms with E-state index in [0.29, 0.717) is 17.7 Å². The number of nitrogens with zero attached hydrogens (tertiary/aromatic N) is 2. The molecule has 1 unspecified atom stereocenters. The van der Waals surface area contributed by atoms with Gasteiger partial charge in [0.1, 0.15) is 11.3 Å². The fourth-order valence-corrected chi connectivity index (χ4v) is 3.54. The molecule has 3 aromatic rings. The lowest BCUT2D eigenvalue weighted by atomic mass is 10.1. The van der Waals surface area contributed by atoms with Gasteiger partial charge >= 0.3 is 11.9 Å². The summed E-state index contributed by atoms with van der Waals surface area (Å²) in [5.41, 5.74) is 0.404. The van der Waals surface area contributed by atoms with E-state index in [0.717, 1.165) is 0 Å². The van der Waals surface area contributed by atoms with E-state index in [9.17, 15) is 19.5 Å². The lowest BCUT2D eigenvalue weighted by molar-refractivity contribution is -0.132. The zero-order chi connectivity index (χ0) is 22.7. The fraction of sp³-hybridized carbons (Fsp3) is 0.261. The number of esters is 2. The third-order valence-electron chi connectivity index (χ3n) is 4.85. The molecule has 31 heavy (non-hydrogen) atoms. The molecule has 0 aliphatic heterocycles. The smallest absolute Gasteiger partial charge is 0.308 e. The van der Waals surface area contributed by atoms with Crippen molar-refractivity contribution in [2.45, 2.75) is 27.0 Å². The van der Waals surface area contributed by atoms with Gasteiger partial charge in [0.05, 0.1) is 10.9 Å². The summed E-state index contributed by atoms with van der Waals surface area (Å²) < 4.78 is 12.1. The van der Waals surface area contributed by atoms with Crippen LogP contribution in [0.3, 0.4) is 0 Å². The van der Waals surface area contributed by atoms with Crippen molar-refractivity contribution in [3.63, 3.8) is 0 Å². The van der Waals surface area contributed by atoms with Crippen molar-refractivity contribution in [2.24, 2.45) is 7.05 Å². The van der Waals surface area contributed by atoms with Crippen LogP contribution in [0, 0.1) is 0 Å². The molecule has 1 aromatic heterocycles. The van der Waals surface area contributed by atoms with E-state index in [2.05, 4.69) is 0 Å². The van der Waals surface area contributed by atoms with Gasteiger partial charge in [0.15, 0.2) is 12.0 Å². The molecule has 0 amide bonds. The number of pyridine rings is 1. The van der Waals surface area contributed by atoms with Crippen molar-refractivity contribution < 1.29 is 24.2 Å². The molecule has 8 heteroatoms. The van der Waals surface area contributed by atoms with Crippen LogP contribution in [0.15, 0.2) is 53.3 Å². The Morgan fingerprint density at radius 3 is 2.26 bits per heavy atom. The maximum absolute atomic E-state index is 13.3. The van der Waals surface area contributed by atoms with Crippen molar-refractivity contribution in [1.82, 2.24) is 4.57 Å². The van der Waals surface area contributed by atoms with Crippen LogP contribution in [0.4, 0.5) is 5.69 Å². The second-order valence-corrected chi connectivity index (χ2v) is 6.94. The maximum atomic E-state index is 13.3. The second-order valence-electron chi connectivity index (χ2n) is 6.94. The van der Waals surface area contributed by atoms with E-state index in [4.69, 9.17) is 9.47 Å². The molecule has 2 aromatic carbocycles. The lowest BCUT2D eigenvalue weighted by Gasteiger charge is -2.30. The Balaban J connectivity index is 2.36. The van der Waals surface area contributed by atoms with E-state index in [1.54, 1.807) is 29.2 Å². The quantitative estimate of drug-likeness (QED) is 0.369. The van der Waals surface area contributed by atoms with Gasteiger partial charge < -0.3 is 24.0 Å². The summed E-state index contributed by atoms with van der Waals surface area (Å²) in [6.07, 6.45) is -1.42. The number of aliphatic hydroxyl groups is 1. The molecule has 0 aliphatic rings. The van der Waals surface area contributed by atoms with Gasteiger partial charge in [-0.15, -0.1) is 0 Å². The van der Waals surface area contributed by atoms with Gasteiger partial charge in [0, 0.05) is 33.1 Å². The maximum Gasteiger partial charge on any atom is 0.308 e. The van der Waals surface area contributed by atoms with Crippen molar-refractivity contribution in [2.75, 3.05) is 11.4 Å². The number of aryl methyl sites for hydroxylation is 1. The molecule has 0 saturated carbocycles. The Labute approximate surface area is 179 Å². The highest BCUT2D eigenvalue weighted by molar-refractivity contribution is 5.95. The third-order valence-corrected chi connectivity index (χ3v) is 4.85. The molecule has 0 bridgehead atoms. The number of fused-ring (bicyclic) bond motifs is 1. The highest BCUT2D eigenvalue weighted by atomic mass is 16.5. The fourth-order valence-electron chi connectivity index (χ4n) is 3.54. The molecule has 0 spiro atoms. The van der Waals surface area contributed by atoms with Gasteiger partial charge in [-0.1, -0.05) is 24.3 Å². The Morgan fingerprint density at radius 2 is 1.68 bits per heavy atom. The van der Waals surface area contributed by atoms with E-state index in [-0.39, 0.29) is 22.4 Å². The third kappa shape index (κ3) is 4.29. The number of aliphatic hydroxyl groups excluding tert-OH is 1. The zero-order valence-electron chi connectivity index (χ0n) is 17.8. The summed E-state index contributed by atoms with van der Waals surface area (Å²) in [7, 11) is 1.54. The number of ether oxygens (including phenoxy) is 2. The largest absolute Gasteiger partial charge is 0.426 e. The molecule has 1 heterocycles. The monoisotopic (exact) mass is 424 g/mol. The molecule has 0 aliphatic carbocycles. The minimum absolute atomic E-state index is 0.119. The predicted octanol–water partition coefficient (Wildman–Crippen LogP) is 2.91. The van der Waals surface area contributed by atoms with Gasteiger partial charge in [-0.3, -0.25) is 14.4 Å². The van der Waals surface area contributed by atoms with Gasteiger partial charge in [0.25, 0.3) is 5.56 Å².